The maximum absolute atomic E-state index is 12.1. The summed E-state index contributed by atoms with van der Waals surface area (Å²) in [5.74, 6) is 2.50. The van der Waals surface area contributed by atoms with Gasteiger partial charge in [0.1, 0.15) is 6.10 Å². The molecule has 0 unspecified atom stereocenters. The van der Waals surface area contributed by atoms with Gasteiger partial charge in [0, 0.05) is 12.8 Å². The Bertz CT molecular complexity index is 775. The average Bonchev–Trinajstić information content (AvgIpc) is 3.12. The molecule has 4 rings (SSSR count). The second kappa shape index (κ2) is 9.58. The molecule has 202 valence electrons. The number of aliphatic hydroxyl groups is 3. The van der Waals surface area contributed by atoms with E-state index < -0.39 is 5.60 Å². The van der Waals surface area contributed by atoms with E-state index >= 15 is 0 Å². The highest BCUT2D eigenvalue weighted by molar-refractivity contribution is 5.66. The lowest BCUT2D eigenvalue weighted by Gasteiger charge is -2.63. The molecule has 3 N–H and O–H groups in total. The summed E-state index contributed by atoms with van der Waals surface area (Å²) in [5, 5.41) is 32.7. The number of aliphatic hydroxyl groups excluding tert-OH is 2. The summed E-state index contributed by atoms with van der Waals surface area (Å²) in [7, 11) is 0. The summed E-state index contributed by atoms with van der Waals surface area (Å²) in [4.78, 5) is 12.1. The summed E-state index contributed by atoms with van der Waals surface area (Å²) in [6.45, 7) is 14.5. The van der Waals surface area contributed by atoms with Crippen molar-refractivity contribution in [3.8, 4) is 0 Å². The monoisotopic (exact) mass is 492 g/mol. The van der Waals surface area contributed by atoms with Gasteiger partial charge in [-0.1, -0.05) is 34.1 Å². The Kier molecular flexibility index (Phi) is 7.50. The van der Waals surface area contributed by atoms with E-state index in [0.29, 0.717) is 36.0 Å². The summed E-state index contributed by atoms with van der Waals surface area (Å²) < 4.78 is 5.97. The normalized spacial score (nSPS) is 47.3. The van der Waals surface area contributed by atoms with Gasteiger partial charge in [0.15, 0.2) is 0 Å². The molecule has 4 saturated carbocycles. The molecule has 4 aliphatic carbocycles. The number of ether oxygens (including phenoxy) is 1. The lowest BCUT2D eigenvalue weighted by atomic mass is 9.43. The molecule has 12 atom stereocenters. The minimum atomic E-state index is -0.660. The third-order valence-electron chi connectivity index (χ3n) is 12.1. The average molecular weight is 493 g/mol. The Morgan fingerprint density at radius 2 is 1.69 bits per heavy atom. The van der Waals surface area contributed by atoms with Gasteiger partial charge < -0.3 is 20.1 Å². The van der Waals surface area contributed by atoms with Crippen molar-refractivity contribution >= 4 is 5.97 Å². The lowest BCUT2D eigenvalue weighted by molar-refractivity contribution is -0.211. The second-order valence-corrected chi connectivity index (χ2v) is 14.2. The van der Waals surface area contributed by atoms with Crippen LogP contribution in [0.4, 0.5) is 0 Å². The fraction of sp³-hybridized carbons (Fsp3) is 0.967. The van der Waals surface area contributed by atoms with Crippen molar-refractivity contribution in [1.82, 2.24) is 0 Å². The van der Waals surface area contributed by atoms with Gasteiger partial charge >= 0.3 is 5.97 Å². The van der Waals surface area contributed by atoms with E-state index in [1.165, 1.54) is 6.92 Å². The molecule has 5 heteroatoms. The largest absolute Gasteiger partial charge is 0.462 e. The Morgan fingerprint density at radius 1 is 1.00 bits per heavy atom. The number of carbonyl (C=O) groups excluding carboxylic acids is 1. The van der Waals surface area contributed by atoms with Crippen molar-refractivity contribution in [2.24, 2.45) is 52.3 Å². The molecular weight excluding hydrogens is 440 g/mol. The summed E-state index contributed by atoms with van der Waals surface area (Å²) in [5.41, 5.74) is -0.778. The number of fused-ring (bicyclic) bond motifs is 5. The SMILES string of the molecule is CC(=O)O[C@@H]1C[C@@H]2[C@H](C[C@@H](O)[C@]3(C)[C@@H]([C@H](C)CC[C@H](C)C(C)(C)O)CC[C@@H]23)[C@@]2(C)CC[C@H](O)C[C@H]12. The molecule has 4 fully saturated rings. The van der Waals surface area contributed by atoms with E-state index in [1.54, 1.807) is 0 Å². The van der Waals surface area contributed by atoms with Crippen LogP contribution >= 0.6 is 0 Å². The van der Waals surface area contributed by atoms with Gasteiger partial charge in [0.25, 0.3) is 0 Å². The van der Waals surface area contributed by atoms with Crippen LogP contribution in [0.25, 0.3) is 0 Å². The van der Waals surface area contributed by atoms with E-state index in [-0.39, 0.29) is 46.9 Å². The zero-order valence-electron chi connectivity index (χ0n) is 23.3. The zero-order chi connectivity index (χ0) is 25.9. The second-order valence-electron chi connectivity index (χ2n) is 14.2. The summed E-state index contributed by atoms with van der Waals surface area (Å²) in [6, 6.07) is 0. The smallest absolute Gasteiger partial charge is 0.302 e. The first kappa shape index (κ1) is 27.4. The molecule has 4 aliphatic rings. The van der Waals surface area contributed by atoms with Crippen LogP contribution < -0.4 is 0 Å². The van der Waals surface area contributed by atoms with Crippen molar-refractivity contribution in [3.63, 3.8) is 0 Å². The van der Waals surface area contributed by atoms with Crippen molar-refractivity contribution < 1.29 is 24.9 Å². The van der Waals surface area contributed by atoms with Gasteiger partial charge in [-0.15, -0.1) is 0 Å². The molecule has 0 aromatic carbocycles. The van der Waals surface area contributed by atoms with Crippen LogP contribution in [0.2, 0.25) is 0 Å². The molecular formula is C30H52O5. The van der Waals surface area contributed by atoms with Gasteiger partial charge in [-0.25, -0.2) is 0 Å². The maximum Gasteiger partial charge on any atom is 0.302 e. The molecule has 35 heavy (non-hydrogen) atoms. The molecule has 0 bridgehead atoms. The standard InChI is InChI=1S/C30H52O5/c1-17(8-9-18(2)28(4,5)34)22-10-11-23-21-15-26(35-19(3)31)25-14-20(32)12-13-29(25,6)24(21)16-27(33)30(22,23)7/h17-18,20-27,32-34H,8-16H2,1-7H3/t17-,18+,20+,21+,22-,23+,24+,25-,26-,27-,29-,30-/m1/s1. The molecule has 0 heterocycles. The van der Waals surface area contributed by atoms with Crippen LogP contribution in [0.5, 0.6) is 0 Å². The van der Waals surface area contributed by atoms with Crippen LogP contribution in [-0.4, -0.2) is 45.2 Å². The van der Waals surface area contributed by atoms with Gasteiger partial charge in [-0.3, -0.25) is 4.79 Å². The van der Waals surface area contributed by atoms with Crippen molar-refractivity contribution in [2.75, 3.05) is 0 Å². The van der Waals surface area contributed by atoms with Crippen molar-refractivity contribution in [2.45, 2.75) is 130 Å². The maximum atomic E-state index is 12.1. The van der Waals surface area contributed by atoms with Crippen molar-refractivity contribution in [3.05, 3.63) is 0 Å². The molecule has 0 aromatic rings. The highest BCUT2D eigenvalue weighted by atomic mass is 16.5. The molecule has 0 saturated heterocycles. The fourth-order valence-electron chi connectivity index (χ4n) is 9.58. The van der Waals surface area contributed by atoms with E-state index in [1.807, 2.05) is 13.8 Å². The quantitative estimate of drug-likeness (QED) is 0.436. The lowest BCUT2D eigenvalue weighted by Crippen LogP contribution is -2.62. The fourth-order valence-corrected chi connectivity index (χ4v) is 9.58. The minimum Gasteiger partial charge on any atom is -0.462 e. The van der Waals surface area contributed by atoms with Gasteiger partial charge in [0.2, 0.25) is 0 Å². The number of carbonyl (C=O) groups is 1. The van der Waals surface area contributed by atoms with Crippen LogP contribution in [0, 0.1) is 52.3 Å². The van der Waals surface area contributed by atoms with E-state index in [0.717, 1.165) is 51.4 Å². The van der Waals surface area contributed by atoms with Crippen molar-refractivity contribution in [1.29, 1.82) is 0 Å². The Labute approximate surface area is 213 Å². The topological polar surface area (TPSA) is 87.0 Å². The predicted molar refractivity (Wildman–Crippen MR) is 137 cm³/mol. The number of esters is 1. The predicted octanol–water partition coefficient (Wildman–Crippen LogP) is 5.34. The molecule has 0 aliphatic heterocycles. The highest BCUT2D eigenvalue weighted by Gasteiger charge is 2.65. The van der Waals surface area contributed by atoms with Crippen LogP contribution in [-0.2, 0) is 9.53 Å². The Balaban J connectivity index is 1.58. The number of rotatable bonds is 6. The summed E-state index contributed by atoms with van der Waals surface area (Å²) in [6.07, 6.45) is 7.77. The Morgan fingerprint density at radius 3 is 2.31 bits per heavy atom. The first-order valence-corrected chi connectivity index (χ1v) is 14.4. The third kappa shape index (κ3) is 4.72. The first-order valence-electron chi connectivity index (χ1n) is 14.4. The molecule has 5 nitrogen and oxygen atoms in total. The highest BCUT2D eigenvalue weighted by Crippen LogP contribution is 2.68. The number of hydrogen-bond donors (Lipinski definition) is 3. The van der Waals surface area contributed by atoms with E-state index in [4.69, 9.17) is 4.74 Å². The first-order chi connectivity index (χ1) is 16.2. The van der Waals surface area contributed by atoms with Gasteiger partial charge in [-0.2, -0.15) is 0 Å². The van der Waals surface area contributed by atoms with Gasteiger partial charge in [0.05, 0.1) is 17.8 Å². The summed E-state index contributed by atoms with van der Waals surface area (Å²) >= 11 is 0. The molecule has 0 radical (unpaired) electrons. The third-order valence-corrected chi connectivity index (χ3v) is 12.1. The molecule has 0 aromatic heterocycles. The van der Waals surface area contributed by atoms with Crippen LogP contribution in [0.1, 0.15) is 106 Å². The zero-order valence-corrected chi connectivity index (χ0v) is 23.3. The number of hydrogen-bond acceptors (Lipinski definition) is 5. The van der Waals surface area contributed by atoms with Gasteiger partial charge in [-0.05, 0) is 112 Å². The Hall–Kier alpha value is -0.650. The van der Waals surface area contributed by atoms with E-state index in [2.05, 4.69) is 27.7 Å². The minimum absolute atomic E-state index is 0.00355. The molecule has 0 spiro atoms. The van der Waals surface area contributed by atoms with Crippen LogP contribution in [0.15, 0.2) is 0 Å². The van der Waals surface area contributed by atoms with Crippen LogP contribution in [0.3, 0.4) is 0 Å². The van der Waals surface area contributed by atoms with E-state index in [9.17, 15) is 20.1 Å². The molecule has 0 amide bonds.